The average Bonchev–Trinajstić information content (AvgIpc) is 3.24. The minimum Gasteiger partial charge on any atom is -0.375 e. The van der Waals surface area contributed by atoms with Gasteiger partial charge in [-0.25, -0.2) is 12.8 Å². The standard InChI is InChI=1S/C20H22FN3O5S/c1-29-13-19(25)22-15-5-4-6-16(12-15)23-20(26)14-7-8-17(21)18(11-14)30(27,28)24-9-2-3-10-24/h4-8,11-12H,2-3,9-10,13H2,1H3,(H,22,25)(H,23,26). The highest BCUT2D eigenvalue weighted by atomic mass is 32.2. The number of benzene rings is 2. The van der Waals surface area contributed by atoms with Crippen molar-refractivity contribution in [3.8, 4) is 0 Å². The van der Waals surface area contributed by atoms with E-state index in [4.69, 9.17) is 4.74 Å². The molecule has 1 heterocycles. The van der Waals surface area contributed by atoms with E-state index in [1.807, 2.05) is 0 Å². The predicted molar refractivity (Wildman–Crippen MR) is 109 cm³/mol. The first kappa shape index (κ1) is 21.9. The predicted octanol–water partition coefficient (Wildman–Crippen LogP) is 2.45. The van der Waals surface area contributed by atoms with Gasteiger partial charge in [0.1, 0.15) is 17.3 Å². The number of nitrogens with one attached hydrogen (secondary N) is 2. The molecule has 0 spiro atoms. The summed E-state index contributed by atoms with van der Waals surface area (Å²) < 4.78 is 45.6. The van der Waals surface area contributed by atoms with Gasteiger partial charge in [-0.05, 0) is 49.2 Å². The van der Waals surface area contributed by atoms with Crippen LogP contribution in [-0.2, 0) is 19.6 Å². The zero-order valence-corrected chi connectivity index (χ0v) is 17.2. The lowest BCUT2D eigenvalue weighted by molar-refractivity contribution is -0.119. The van der Waals surface area contributed by atoms with Gasteiger partial charge in [-0.1, -0.05) is 6.07 Å². The van der Waals surface area contributed by atoms with E-state index >= 15 is 0 Å². The Balaban J connectivity index is 1.79. The Morgan fingerprint density at radius 1 is 1.07 bits per heavy atom. The number of amides is 2. The maximum absolute atomic E-state index is 14.3. The Kier molecular flexibility index (Phi) is 6.80. The summed E-state index contributed by atoms with van der Waals surface area (Å²) in [5.41, 5.74) is 0.831. The largest absolute Gasteiger partial charge is 0.375 e. The second-order valence-corrected chi connectivity index (χ2v) is 8.68. The number of hydrogen-bond acceptors (Lipinski definition) is 5. The normalized spacial score (nSPS) is 14.5. The van der Waals surface area contributed by atoms with Crippen LogP contribution in [0.4, 0.5) is 15.8 Å². The smallest absolute Gasteiger partial charge is 0.255 e. The summed E-state index contributed by atoms with van der Waals surface area (Å²) in [6, 6.07) is 9.65. The van der Waals surface area contributed by atoms with Gasteiger partial charge in [0.25, 0.3) is 5.91 Å². The van der Waals surface area contributed by atoms with Gasteiger partial charge in [-0.3, -0.25) is 9.59 Å². The van der Waals surface area contributed by atoms with Crippen LogP contribution in [0.3, 0.4) is 0 Å². The number of sulfonamides is 1. The van der Waals surface area contributed by atoms with Gasteiger partial charge in [0.15, 0.2) is 0 Å². The summed E-state index contributed by atoms with van der Waals surface area (Å²) in [5.74, 6) is -1.86. The lowest BCUT2D eigenvalue weighted by atomic mass is 10.2. The molecular weight excluding hydrogens is 413 g/mol. The van der Waals surface area contributed by atoms with Crippen molar-refractivity contribution < 1.29 is 27.1 Å². The zero-order valence-electron chi connectivity index (χ0n) is 16.4. The van der Waals surface area contributed by atoms with Crippen LogP contribution in [0.25, 0.3) is 0 Å². The molecule has 0 saturated carbocycles. The first-order valence-electron chi connectivity index (χ1n) is 9.31. The number of rotatable bonds is 7. The van der Waals surface area contributed by atoms with Crippen LogP contribution in [0.2, 0.25) is 0 Å². The van der Waals surface area contributed by atoms with E-state index < -0.39 is 26.6 Å². The van der Waals surface area contributed by atoms with E-state index in [0.717, 1.165) is 25.0 Å². The van der Waals surface area contributed by atoms with Gasteiger partial charge in [0.05, 0.1) is 0 Å². The van der Waals surface area contributed by atoms with Gasteiger partial charge in [0, 0.05) is 37.1 Å². The Morgan fingerprint density at radius 3 is 2.40 bits per heavy atom. The molecule has 0 unspecified atom stereocenters. The first-order chi connectivity index (χ1) is 14.3. The van der Waals surface area contributed by atoms with E-state index in [0.29, 0.717) is 24.5 Å². The molecule has 0 aliphatic carbocycles. The maximum atomic E-state index is 14.3. The fourth-order valence-corrected chi connectivity index (χ4v) is 4.72. The summed E-state index contributed by atoms with van der Waals surface area (Å²) in [7, 11) is -2.61. The van der Waals surface area contributed by atoms with Crippen LogP contribution in [-0.4, -0.2) is 51.3 Å². The molecule has 1 fully saturated rings. The van der Waals surface area contributed by atoms with Gasteiger partial charge in [0.2, 0.25) is 15.9 Å². The van der Waals surface area contributed by atoms with Gasteiger partial charge < -0.3 is 15.4 Å². The maximum Gasteiger partial charge on any atom is 0.255 e. The molecule has 1 saturated heterocycles. The van der Waals surface area contributed by atoms with E-state index in [1.165, 1.54) is 23.5 Å². The van der Waals surface area contributed by atoms with Crippen molar-refractivity contribution in [3.63, 3.8) is 0 Å². The molecule has 1 aliphatic heterocycles. The molecular formula is C20H22FN3O5S. The van der Waals surface area contributed by atoms with E-state index in [-0.39, 0.29) is 18.1 Å². The molecule has 30 heavy (non-hydrogen) atoms. The zero-order chi connectivity index (χ0) is 21.7. The lowest BCUT2D eigenvalue weighted by Gasteiger charge is -2.16. The number of halogens is 1. The molecule has 1 aliphatic rings. The number of methoxy groups -OCH3 is 1. The summed E-state index contributed by atoms with van der Waals surface area (Å²) in [6.45, 7) is 0.556. The minimum absolute atomic E-state index is 0.00277. The molecule has 0 atom stereocenters. The highest BCUT2D eigenvalue weighted by Gasteiger charge is 2.30. The topological polar surface area (TPSA) is 105 Å². The van der Waals surface area contributed by atoms with Gasteiger partial charge >= 0.3 is 0 Å². The molecule has 2 aromatic carbocycles. The Hall–Kier alpha value is -2.82. The van der Waals surface area contributed by atoms with Crippen molar-refractivity contribution >= 4 is 33.2 Å². The summed E-state index contributed by atoms with van der Waals surface area (Å²) in [4.78, 5) is 23.7. The Morgan fingerprint density at radius 2 is 1.73 bits per heavy atom. The molecule has 0 radical (unpaired) electrons. The second kappa shape index (κ2) is 9.33. The third-order valence-corrected chi connectivity index (χ3v) is 6.47. The number of carbonyl (C=O) groups excluding carboxylic acids is 2. The van der Waals surface area contributed by atoms with Crippen LogP contribution < -0.4 is 10.6 Å². The highest BCUT2D eigenvalue weighted by molar-refractivity contribution is 7.89. The van der Waals surface area contributed by atoms with Crippen LogP contribution in [0.15, 0.2) is 47.4 Å². The molecule has 8 nitrogen and oxygen atoms in total. The molecule has 2 amide bonds. The number of anilines is 2. The van der Waals surface area contributed by atoms with Crippen LogP contribution >= 0.6 is 0 Å². The molecule has 10 heteroatoms. The Labute approximate surface area is 174 Å². The number of hydrogen-bond donors (Lipinski definition) is 2. The minimum atomic E-state index is -4.00. The van der Waals surface area contributed by atoms with Crippen molar-refractivity contribution in [1.29, 1.82) is 0 Å². The number of carbonyl (C=O) groups is 2. The summed E-state index contributed by atoms with van der Waals surface area (Å²) in [6.07, 6.45) is 1.44. The summed E-state index contributed by atoms with van der Waals surface area (Å²) in [5, 5.41) is 5.23. The molecule has 2 aromatic rings. The fourth-order valence-electron chi connectivity index (χ4n) is 3.12. The van der Waals surface area contributed by atoms with Crippen molar-refractivity contribution in [3.05, 3.63) is 53.8 Å². The van der Waals surface area contributed by atoms with Gasteiger partial charge in [-0.15, -0.1) is 0 Å². The molecule has 2 N–H and O–H groups in total. The average molecular weight is 435 g/mol. The number of ether oxygens (including phenoxy) is 1. The van der Waals surface area contributed by atoms with Crippen molar-refractivity contribution in [2.24, 2.45) is 0 Å². The number of nitrogens with zero attached hydrogens (tertiary/aromatic N) is 1. The SMILES string of the molecule is COCC(=O)Nc1cccc(NC(=O)c2ccc(F)c(S(=O)(=O)N3CCCC3)c2)c1. The van der Waals surface area contributed by atoms with Crippen LogP contribution in [0.5, 0.6) is 0 Å². The van der Waals surface area contributed by atoms with Crippen molar-refractivity contribution in [1.82, 2.24) is 4.31 Å². The third-order valence-electron chi connectivity index (χ3n) is 4.56. The van der Waals surface area contributed by atoms with Crippen LogP contribution in [0, 0.1) is 5.82 Å². The second-order valence-electron chi connectivity index (χ2n) is 6.77. The monoisotopic (exact) mass is 435 g/mol. The molecule has 3 rings (SSSR count). The third kappa shape index (κ3) is 5.02. The summed E-state index contributed by atoms with van der Waals surface area (Å²) >= 11 is 0. The molecule has 160 valence electrons. The van der Waals surface area contributed by atoms with E-state index in [2.05, 4.69) is 10.6 Å². The van der Waals surface area contributed by atoms with Crippen molar-refractivity contribution in [2.45, 2.75) is 17.7 Å². The molecule has 0 bridgehead atoms. The van der Waals surface area contributed by atoms with Crippen molar-refractivity contribution in [2.75, 3.05) is 37.4 Å². The fraction of sp³-hybridized carbons (Fsp3) is 0.300. The quantitative estimate of drug-likeness (QED) is 0.695. The van der Waals surface area contributed by atoms with Gasteiger partial charge in [-0.2, -0.15) is 4.31 Å². The highest BCUT2D eigenvalue weighted by Crippen LogP contribution is 2.25. The van der Waals surface area contributed by atoms with Crippen LogP contribution in [0.1, 0.15) is 23.2 Å². The lowest BCUT2D eigenvalue weighted by Crippen LogP contribution is -2.29. The van der Waals surface area contributed by atoms with E-state index in [1.54, 1.807) is 18.2 Å². The first-order valence-corrected chi connectivity index (χ1v) is 10.7. The molecule has 0 aromatic heterocycles. The Bertz CT molecular complexity index is 1050. The van der Waals surface area contributed by atoms with E-state index in [9.17, 15) is 22.4 Å².